The maximum absolute atomic E-state index is 3.54. The molecular formula is C9H20N2. The number of rotatable bonds is 2. The zero-order valence-electron chi connectivity index (χ0n) is 7.85. The van der Waals surface area contributed by atoms with Crippen molar-refractivity contribution in [3.63, 3.8) is 0 Å². The first-order valence-corrected chi connectivity index (χ1v) is 4.65. The standard InChI is InChI=1S/C9H20N2/c1-7(2)4-9-6-10-8(3)5-11-9/h7-11H,4-6H2,1-3H3/t8-,9+/m0/s1. The Bertz CT molecular complexity index is 104. The average molecular weight is 156 g/mol. The fraction of sp³-hybridized carbons (Fsp3) is 1.00. The third-order valence-corrected chi connectivity index (χ3v) is 2.18. The van der Waals surface area contributed by atoms with Gasteiger partial charge in [0.05, 0.1) is 0 Å². The Hall–Kier alpha value is -0.0800. The number of hydrogen-bond donors (Lipinski definition) is 2. The normalized spacial score (nSPS) is 32.7. The Balaban J connectivity index is 2.17. The molecule has 2 nitrogen and oxygen atoms in total. The van der Waals surface area contributed by atoms with Crippen molar-refractivity contribution in [3.8, 4) is 0 Å². The second-order valence-corrected chi connectivity index (χ2v) is 4.04. The van der Waals surface area contributed by atoms with E-state index in [2.05, 4.69) is 31.4 Å². The highest BCUT2D eigenvalue weighted by Gasteiger charge is 2.16. The van der Waals surface area contributed by atoms with Crippen molar-refractivity contribution in [2.24, 2.45) is 5.92 Å². The van der Waals surface area contributed by atoms with Gasteiger partial charge in [-0.25, -0.2) is 0 Å². The maximum atomic E-state index is 3.54. The van der Waals surface area contributed by atoms with Crippen molar-refractivity contribution >= 4 is 0 Å². The lowest BCUT2D eigenvalue weighted by Crippen LogP contribution is -2.53. The Morgan fingerprint density at radius 3 is 2.45 bits per heavy atom. The van der Waals surface area contributed by atoms with Crippen LogP contribution in [-0.4, -0.2) is 25.2 Å². The highest BCUT2D eigenvalue weighted by Crippen LogP contribution is 2.06. The van der Waals surface area contributed by atoms with Gasteiger partial charge in [0.1, 0.15) is 0 Å². The van der Waals surface area contributed by atoms with Crippen LogP contribution in [-0.2, 0) is 0 Å². The Kier molecular flexibility index (Phi) is 3.34. The van der Waals surface area contributed by atoms with E-state index in [0.29, 0.717) is 12.1 Å². The van der Waals surface area contributed by atoms with Crippen molar-refractivity contribution in [1.29, 1.82) is 0 Å². The summed E-state index contributed by atoms with van der Waals surface area (Å²) in [4.78, 5) is 0. The van der Waals surface area contributed by atoms with Gasteiger partial charge in [-0.15, -0.1) is 0 Å². The third-order valence-electron chi connectivity index (χ3n) is 2.18. The number of nitrogens with one attached hydrogen (secondary N) is 2. The minimum Gasteiger partial charge on any atom is -0.311 e. The summed E-state index contributed by atoms with van der Waals surface area (Å²) in [5.41, 5.74) is 0. The third kappa shape index (κ3) is 3.21. The van der Waals surface area contributed by atoms with Crippen LogP contribution in [0, 0.1) is 5.92 Å². The monoisotopic (exact) mass is 156 g/mol. The molecule has 2 N–H and O–H groups in total. The quantitative estimate of drug-likeness (QED) is 0.623. The summed E-state index contributed by atoms with van der Waals surface area (Å²) in [6.45, 7) is 9.04. The lowest BCUT2D eigenvalue weighted by atomic mass is 10.0. The van der Waals surface area contributed by atoms with Gasteiger partial charge in [0.25, 0.3) is 0 Å². The zero-order valence-corrected chi connectivity index (χ0v) is 7.85. The highest BCUT2D eigenvalue weighted by molar-refractivity contribution is 4.80. The number of hydrogen-bond acceptors (Lipinski definition) is 2. The minimum absolute atomic E-state index is 0.651. The van der Waals surface area contributed by atoms with Gasteiger partial charge >= 0.3 is 0 Å². The molecule has 1 saturated heterocycles. The van der Waals surface area contributed by atoms with Crippen LogP contribution in [0.25, 0.3) is 0 Å². The predicted molar refractivity (Wildman–Crippen MR) is 48.7 cm³/mol. The molecule has 2 atom stereocenters. The molecule has 0 saturated carbocycles. The molecule has 0 unspecified atom stereocenters. The van der Waals surface area contributed by atoms with Crippen LogP contribution >= 0.6 is 0 Å². The molecule has 0 aromatic rings. The summed E-state index contributed by atoms with van der Waals surface area (Å²) in [5, 5.41) is 7.01. The van der Waals surface area contributed by atoms with E-state index >= 15 is 0 Å². The van der Waals surface area contributed by atoms with E-state index in [-0.39, 0.29) is 0 Å². The zero-order chi connectivity index (χ0) is 8.27. The van der Waals surface area contributed by atoms with Crippen LogP contribution in [0.5, 0.6) is 0 Å². The van der Waals surface area contributed by atoms with Crippen molar-refractivity contribution < 1.29 is 0 Å². The first kappa shape index (κ1) is 9.01. The van der Waals surface area contributed by atoms with E-state index in [4.69, 9.17) is 0 Å². The lowest BCUT2D eigenvalue weighted by Gasteiger charge is -2.30. The van der Waals surface area contributed by atoms with Crippen LogP contribution in [0.3, 0.4) is 0 Å². The van der Waals surface area contributed by atoms with Crippen LogP contribution < -0.4 is 10.6 Å². The van der Waals surface area contributed by atoms with Gasteiger partial charge in [-0.3, -0.25) is 0 Å². The molecule has 1 fully saturated rings. The lowest BCUT2D eigenvalue weighted by molar-refractivity contribution is 0.322. The van der Waals surface area contributed by atoms with Gasteiger partial charge in [-0.2, -0.15) is 0 Å². The Morgan fingerprint density at radius 1 is 1.27 bits per heavy atom. The fourth-order valence-electron chi connectivity index (χ4n) is 1.57. The van der Waals surface area contributed by atoms with Gasteiger partial charge in [-0.1, -0.05) is 13.8 Å². The molecule has 11 heavy (non-hydrogen) atoms. The van der Waals surface area contributed by atoms with E-state index in [0.717, 1.165) is 19.0 Å². The van der Waals surface area contributed by atoms with E-state index in [1.54, 1.807) is 0 Å². The van der Waals surface area contributed by atoms with Crippen molar-refractivity contribution in [1.82, 2.24) is 10.6 Å². The Labute approximate surface area is 69.8 Å². The molecule has 0 aliphatic carbocycles. The molecule has 0 aromatic heterocycles. The molecule has 0 radical (unpaired) electrons. The molecule has 0 bridgehead atoms. The van der Waals surface area contributed by atoms with E-state index in [9.17, 15) is 0 Å². The first-order valence-electron chi connectivity index (χ1n) is 4.65. The second-order valence-electron chi connectivity index (χ2n) is 4.04. The largest absolute Gasteiger partial charge is 0.311 e. The van der Waals surface area contributed by atoms with Crippen molar-refractivity contribution in [2.45, 2.75) is 39.3 Å². The molecule has 0 aromatic carbocycles. The smallest absolute Gasteiger partial charge is 0.0195 e. The molecule has 0 spiro atoms. The van der Waals surface area contributed by atoms with E-state index < -0.39 is 0 Å². The molecule has 66 valence electrons. The van der Waals surface area contributed by atoms with E-state index in [1.165, 1.54) is 6.42 Å². The van der Waals surface area contributed by atoms with Gasteiger partial charge in [0.2, 0.25) is 0 Å². The molecule has 1 aliphatic rings. The molecule has 1 heterocycles. The van der Waals surface area contributed by atoms with Crippen LogP contribution in [0.1, 0.15) is 27.2 Å². The van der Waals surface area contributed by atoms with E-state index in [1.807, 2.05) is 0 Å². The van der Waals surface area contributed by atoms with Crippen LogP contribution in [0.4, 0.5) is 0 Å². The van der Waals surface area contributed by atoms with Gasteiger partial charge in [0, 0.05) is 25.2 Å². The van der Waals surface area contributed by atoms with Crippen molar-refractivity contribution in [2.75, 3.05) is 13.1 Å². The van der Waals surface area contributed by atoms with Gasteiger partial charge in [-0.05, 0) is 19.3 Å². The average Bonchev–Trinajstić information content (AvgIpc) is 1.93. The van der Waals surface area contributed by atoms with Gasteiger partial charge < -0.3 is 10.6 Å². The SMILES string of the molecule is CC(C)C[C@@H]1CN[C@@H](C)CN1. The summed E-state index contributed by atoms with van der Waals surface area (Å²) in [6, 6.07) is 1.35. The predicted octanol–water partition coefficient (Wildman–Crippen LogP) is 0.982. The number of piperazine rings is 1. The Morgan fingerprint density at radius 2 is 2.00 bits per heavy atom. The van der Waals surface area contributed by atoms with Crippen LogP contribution in [0.15, 0.2) is 0 Å². The molecule has 2 heteroatoms. The molecular weight excluding hydrogens is 136 g/mol. The topological polar surface area (TPSA) is 24.1 Å². The minimum atomic E-state index is 0.651. The first-order chi connectivity index (χ1) is 5.18. The molecule has 1 aliphatic heterocycles. The van der Waals surface area contributed by atoms with Gasteiger partial charge in [0.15, 0.2) is 0 Å². The fourth-order valence-corrected chi connectivity index (χ4v) is 1.57. The molecule has 0 amide bonds. The maximum Gasteiger partial charge on any atom is 0.0195 e. The van der Waals surface area contributed by atoms with Crippen molar-refractivity contribution in [3.05, 3.63) is 0 Å². The summed E-state index contributed by atoms with van der Waals surface area (Å²) < 4.78 is 0. The summed E-state index contributed by atoms with van der Waals surface area (Å²) in [5.74, 6) is 0.808. The second kappa shape index (κ2) is 4.07. The highest BCUT2D eigenvalue weighted by atomic mass is 15.1. The summed E-state index contributed by atoms with van der Waals surface area (Å²) >= 11 is 0. The summed E-state index contributed by atoms with van der Waals surface area (Å²) in [6.07, 6.45) is 1.29. The molecule has 1 rings (SSSR count). The van der Waals surface area contributed by atoms with Crippen LogP contribution in [0.2, 0.25) is 0 Å². The summed E-state index contributed by atoms with van der Waals surface area (Å²) in [7, 11) is 0.